The van der Waals surface area contributed by atoms with Gasteiger partial charge in [-0.25, -0.2) is 8.42 Å². The summed E-state index contributed by atoms with van der Waals surface area (Å²) in [6.07, 6.45) is 3.95. The third kappa shape index (κ3) is 5.33. The van der Waals surface area contributed by atoms with Crippen molar-refractivity contribution in [2.24, 2.45) is 5.73 Å². The monoisotopic (exact) mass is 424 g/mol. The third-order valence-electron chi connectivity index (χ3n) is 5.17. The maximum absolute atomic E-state index is 12.9. The Bertz CT molecular complexity index is 837. The molecular formula is C19H28N4O5S. The lowest BCUT2D eigenvalue weighted by molar-refractivity contribution is -0.132. The Balaban J connectivity index is 1.76. The summed E-state index contributed by atoms with van der Waals surface area (Å²) in [5.41, 5.74) is 6.20. The highest BCUT2D eigenvalue weighted by Crippen LogP contribution is 2.21. The quantitative estimate of drug-likeness (QED) is 0.666. The number of carbonyl (C=O) groups excluding carboxylic acids is 2. The van der Waals surface area contributed by atoms with E-state index in [9.17, 15) is 18.0 Å². The predicted molar refractivity (Wildman–Crippen MR) is 108 cm³/mol. The number of hydrogen-bond acceptors (Lipinski definition) is 6. The first-order chi connectivity index (χ1) is 13.9. The smallest absolute Gasteiger partial charge is 0.253 e. The minimum absolute atomic E-state index is 0.0172. The van der Waals surface area contributed by atoms with Gasteiger partial charge in [0, 0.05) is 31.9 Å². The van der Waals surface area contributed by atoms with Crippen molar-refractivity contribution in [2.45, 2.75) is 36.6 Å². The lowest BCUT2D eigenvalue weighted by atomic mass is 10.2. The van der Waals surface area contributed by atoms with Gasteiger partial charge in [-0.05, 0) is 31.0 Å². The van der Waals surface area contributed by atoms with Crippen molar-refractivity contribution < 1.29 is 22.7 Å². The maximum Gasteiger partial charge on any atom is 0.253 e. The summed E-state index contributed by atoms with van der Waals surface area (Å²) in [4.78, 5) is 28.0. The fourth-order valence-electron chi connectivity index (χ4n) is 3.58. The molecule has 9 nitrogen and oxygen atoms in total. The second-order valence-corrected chi connectivity index (χ2v) is 8.96. The van der Waals surface area contributed by atoms with E-state index < -0.39 is 16.1 Å². The summed E-state index contributed by atoms with van der Waals surface area (Å²) in [6.45, 7) is 1.82. The summed E-state index contributed by atoms with van der Waals surface area (Å²) >= 11 is 0. The Kier molecular flexibility index (Phi) is 7.23. The molecule has 1 atom stereocenters. The van der Waals surface area contributed by atoms with Crippen LogP contribution in [-0.2, 0) is 24.3 Å². The van der Waals surface area contributed by atoms with E-state index in [4.69, 9.17) is 10.5 Å². The van der Waals surface area contributed by atoms with Crippen LogP contribution in [0.4, 0.5) is 5.69 Å². The molecule has 0 aliphatic carbocycles. The average molecular weight is 425 g/mol. The van der Waals surface area contributed by atoms with Gasteiger partial charge in [-0.3, -0.25) is 9.59 Å². The zero-order valence-corrected chi connectivity index (χ0v) is 17.2. The van der Waals surface area contributed by atoms with Gasteiger partial charge in [0.15, 0.2) is 0 Å². The predicted octanol–water partition coefficient (Wildman–Crippen LogP) is 0.0580. The van der Waals surface area contributed by atoms with Crippen LogP contribution in [0.1, 0.15) is 25.7 Å². The molecule has 1 aromatic rings. The lowest BCUT2D eigenvalue weighted by Gasteiger charge is -2.27. The molecule has 10 heteroatoms. The van der Waals surface area contributed by atoms with Crippen molar-refractivity contribution in [3.8, 4) is 0 Å². The van der Waals surface area contributed by atoms with E-state index in [1.165, 1.54) is 17.0 Å². The highest BCUT2D eigenvalue weighted by atomic mass is 32.2. The number of carbonyl (C=O) groups is 2. The van der Waals surface area contributed by atoms with E-state index >= 15 is 0 Å². The number of sulfonamides is 1. The molecule has 0 bridgehead atoms. The molecule has 160 valence electrons. The molecule has 2 saturated heterocycles. The Morgan fingerprint density at radius 2 is 1.90 bits per heavy atom. The van der Waals surface area contributed by atoms with Crippen molar-refractivity contribution in [1.82, 2.24) is 9.62 Å². The second kappa shape index (κ2) is 9.66. The van der Waals surface area contributed by atoms with Gasteiger partial charge in [0.05, 0.1) is 11.5 Å². The zero-order chi connectivity index (χ0) is 20.9. The van der Waals surface area contributed by atoms with Gasteiger partial charge in [-0.1, -0.05) is 18.9 Å². The van der Waals surface area contributed by atoms with Crippen LogP contribution in [0.2, 0.25) is 0 Å². The Morgan fingerprint density at radius 1 is 1.17 bits per heavy atom. The van der Waals surface area contributed by atoms with Crippen molar-refractivity contribution in [1.29, 1.82) is 0 Å². The van der Waals surface area contributed by atoms with Crippen LogP contribution in [0.5, 0.6) is 0 Å². The Labute approximate surface area is 171 Å². The number of amides is 2. The molecule has 0 aromatic heterocycles. The standard InChI is InChI=1S/C19H28N4O5S/c20-13-17(19(25)22-8-3-1-2-4-9-22)21-29(26,27)16-7-5-6-15(12-16)23-10-11-28-14-18(23)24/h5-7,12,17,21H,1-4,8-11,13-14,20H2/t17-/m0/s1. The minimum Gasteiger partial charge on any atom is -0.370 e. The number of likely N-dealkylation sites (tertiary alicyclic amines) is 1. The van der Waals surface area contributed by atoms with Crippen LogP contribution < -0.4 is 15.4 Å². The molecule has 2 amide bonds. The largest absolute Gasteiger partial charge is 0.370 e. The van der Waals surface area contributed by atoms with E-state index in [0.717, 1.165) is 25.7 Å². The number of rotatable bonds is 6. The molecule has 1 aromatic carbocycles. The molecule has 2 heterocycles. The van der Waals surface area contributed by atoms with Crippen LogP contribution in [0.3, 0.4) is 0 Å². The SMILES string of the molecule is NC[C@H](NS(=O)(=O)c1cccc(N2CCOCC2=O)c1)C(=O)N1CCCCCC1. The first-order valence-electron chi connectivity index (χ1n) is 9.92. The average Bonchev–Trinajstić information content (AvgIpc) is 3.01. The van der Waals surface area contributed by atoms with Crippen LogP contribution >= 0.6 is 0 Å². The van der Waals surface area contributed by atoms with Gasteiger partial charge in [0.2, 0.25) is 15.9 Å². The lowest BCUT2D eigenvalue weighted by Crippen LogP contribution is -2.52. The molecule has 2 aliphatic heterocycles. The highest BCUT2D eigenvalue weighted by molar-refractivity contribution is 7.89. The summed E-state index contributed by atoms with van der Waals surface area (Å²) in [7, 11) is -3.99. The van der Waals surface area contributed by atoms with Gasteiger partial charge >= 0.3 is 0 Å². The third-order valence-corrected chi connectivity index (χ3v) is 6.64. The molecule has 0 unspecified atom stereocenters. The number of hydrogen-bond donors (Lipinski definition) is 2. The van der Waals surface area contributed by atoms with Crippen molar-refractivity contribution in [3.63, 3.8) is 0 Å². The highest BCUT2D eigenvalue weighted by Gasteiger charge is 2.29. The maximum atomic E-state index is 12.9. The van der Waals surface area contributed by atoms with Gasteiger partial charge in [-0.15, -0.1) is 0 Å². The van der Waals surface area contributed by atoms with Crippen LogP contribution in [-0.4, -0.2) is 70.6 Å². The molecule has 3 rings (SSSR count). The number of nitrogens with zero attached hydrogens (tertiary/aromatic N) is 2. The number of nitrogens with two attached hydrogens (primary N) is 1. The number of benzene rings is 1. The molecule has 0 spiro atoms. The van der Waals surface area contributed by atoms with Gasteiger partial charge in [-0.2, -0.15) is 4.72 Å². The van der Waals surface area contributed by atoms with Crippen LogP contribution in [0, 0.1) is 0 Å². The molecule has 2 aliphatic rings. The summed E-state index contributed by atoms with van der Waals surface area (Å²) in [5.74, 6) is -0.521. The van der Waals surface area contributed by atoms with Crippen molar-refractivity contribution in [2.75, 3.05) is 44.3 Å². The summed E-state index contributed by atoms with van der Waals surface area (Å²) in [6, 6.07) is 5.08. The van der Waals surface area contributed by atoms with E-state index in [1.54, 1.807) is 17.0 Å². The molecule has 3 N–H and O–H groups in total. The molecule has 29 heavy (non-hydrogen) atoms. The van der Waals surface area contributed by atoms with E-state index in [2.05, 4.69) is 4.72 Å². The molecular weight excluding hydrogens is 396 g/mol. The van der Waals surface area contributed by atoms with E-state index in [-0.39, 0.29) is 29.9 Å². The minimum atomic E-state index is -3.99. The molecule has 2 fully saturated rings. The second-order valence-electron chi connectivity index (χ2n) is 7.24. The van der Waals surface area contributed by atoms with Crippen molar-refractivity contribution >= 4 is 27.5 Å². The number of ether oxygens (including phenoxy) is 1. The fraction of sp³-hybridized carbons (Fsp3) is 0.579. The Hall–Kier alpha value is -2.01. The topological polar surface area (TPSA) is 122 Å². The van der Waals surface area contributed by atoms with Gasteiger partial charge in [0.25, 0.3) is 5.91 Å². The zero-order valence-electron chi connectivity index (χ0n) is 16.4. The number of nitrogens with one attached hydrogen (secondary N) is 1. The summed E-state index contributed by atoms with van der Waals surface area (Å²) < 4.78 is 33.4. The van der Waals surface area contributed by atoms with Crippen LogP contribution in [0.15, 0.2) is 29.2 Å². The normalized spacial score (nSPS) is 19.7. The number of morpholine rings is 1. The first-order valence-corrected chi connectivity index (χ1v) is 11.4. The molecule has 0 radical (unpaired) electrons. The first kappa shape index (κ1) is 21.7. The van der Waals surface area contributed by atoms with E-state index in [1.807, 2.05) is 0 Å². The van der Waals surface area contributed by atoms with Gasteiger partial charge in [0.1, 0.15) is 12.6 Å². The fourth-order valence-corrected chi connectivity index (χ4v) is 4.82. The van der Waals surface area contributed by atoms with Crippen molar-refractivity contribution in [3.05, 3.63) is 24.3 Å². The Morgan fingerprint density at radius 3 is 2.55 bits per heavy atom. The number of anilines is 1. The van der Waals surface area contributed by atoms with Crippen LogP contribution in [0.25, 0.3) is 0 Å². The molecule has 0 saturated carbocycles. The summed E-state index contributed by atoms with van der Waals surface area (Å²) in [5, 5.41) is 0. The van der Waals surface area contributed by atoms with Gasteiger partial charge < -0.3 is 20.3 Å². The van der Waals surface area contributed by atoms with E-state index in [0.29, 0.717) is 31.9 Å².